The lowest BCUT2D eigenvalue weighted by molar-refractivity contribution is -0.133. The maximum atomic E-state index is 13.8. The number of halogens is 1. The Labute approximate surface area is 168 Å². The van der Waals surface area contributed by atoms with E-state index in [0.29, 0.717) is 24.6 Å². The molecule has 3 aromatic rings. The molecular formula is C22H24FN3OS. The maximum Gasteiger partial charge on any atom is 0.236 e. The molecule has 1 aliphatic rings. The molecule has 146 valence electrons. The predicted octanol–water partition coefficient (Wildman–Crippen LogP) is 4.27. The van der Waals surface area contributed by atoms with E-state index >= 15 is 0 Å². The number of rotatable bonds is 5. The van der Waals surface area contributed by atoms with Crippen molar-refractivity contribution in [1.82, 2.24) is 14.8 Å². The molecule has 1 aromatic heterocycles. The average Bonchev–Trinajstić information content (AvgIpc) is 3.14. The Morgan fingerprint density at radius 2 is 1.89 bits per heavy atom. The molecule has 1 amide bonds. The van der Waals surface area contributed by atoms with Crippen molar-refractivity contribution in [3.63, 3.8) is 0 Å². The lowest BCUT2D eigenvalue weighted by Crippen LogP contribution is -2.42. The first kappa shape index (κ1) is 19.0. The van der Waals surface area contributed by atoms with E-state index in [-0.39, 0.29) is 11.7 Å². The monoisotopic (exact) mass is 397 g/mol. The number of hydrogen-bond donors (Lipinski definition) is 0. The second kappa shape index (κ2) is 8.37. The number of fused-ring (bicyclic) bond motifs is 1. The lowest BCUT2D eigenvalue weighted by Gasteiger charge is -2.32. The highest BCUT2D eigenvalue weighted by molar-refractivity contribution is 7.18. The Morgan fingerprint density at radius 1 is 1.18 bits per heavy atom. The minimum absolute atomic E-state index is 0.113. The molecule has 0 saturated carbocycles. The molecule has 2 aromatic carbocycles. The van der Waals surface area contributed by atoms with Gasteiger partial charge in [-0.1, -0.05) is 30.3 Å². The molecule has 2 heterocycles. The lowest BCUT2D eigenvalue weighted by atomic mass is 9.97. The normalized spacial score (nSPS) is 15.5. The summed E-state index contributed by atoms with van der Waals surface area (Å²) in [4.78, 5) is 21.2. The molecule has 6 heteroatoms. The maximum absolute atomic E-state index is 13.8. The van der Waals surface area contributed by atoms with Crippen molar-refractivity contribution in [3.05, 3.63) is 64.9 Å². The number of carbonyl (C=O) groups excluding carboxylic acids is 1. The number of piperidine rings is 1. The van der Waals surface area contributed by atoms with Crippen LogP contribution in [0.1, 0.15) is 29.3 Å². The van der Waals surface area contributed by atoms with Gasteiger partial charge in [-0.05, 0) is 38.1 Å². The molecule has 0 bridgehead atoms. The van der Waals surface area contributed by atoms with E-state index in [1.54, 1.807) is 23.5 Å². The summed E-state index contributed by atoms with van der Waals surface area (Å²) in [5.41, 5.74) is 1.68. The summed E-state index contributed by atoms with van der Waals surface area (Å²) in [5.74, 6) is 0.317. The van der Waals surface area contributed by atoms with Gasteiger partial charge in [-0.15, -0.1) is 11.3 Å². The molecule has 1 saturated heterocycles. The van der Waals surface area contributed by atoms with Crippen LogP contribution in [-0.4, -0.2) is 47.4 Å². The number of aromatic nitrogens is 1. The molecule has 0 spiro atoms. The number of nitrogens with zero attached hydrogens (tertiary/aromatic N) is 3. The van der Waals surface area contributed by atoms with Crippen molar-refractivity contribution in [1.29, 1.82) is 0 Å². The van der Waals surface area contributed by atoms with Gasteiger partial charge in [0.05, 0.1) is 21.8 Å². The van der Waals surface area contributed by atoms with E-state index < -0.39 is 0 Å². The summed E-state index contributed by atoms with van der Waals surface area (Å²) in [5, 5.41) is 1.19. The predicted molar refractivity (Wildman–Crippen MR) is 111 cm³/mol. The Hall–Kier alpha value is -2.31. The second-order valence-corrected chi connectivity index (χ2v) is 8.50. The number of likely N-dealkylation sites (tertiary alicyclic amines) is 1. The highest BCUT2D eigenvalue weighted by Crippen LogP contribution is 2.33. The first-order chi connectivity index (χ1) is 13.6. The summed E-state index contributed by atoms with van der Waals surface area (Å²) in [6.45, 7) is 2.25. The van der Waals surface area contributed by atoms with Gasteiger partial charge in [0, 0.05) is 31.1 Å². The molecular weight excluding hydrogens is 373 g/mol. The van der Waals surface area contributed by atoms with Gasteiger partial charge in [0.15, 0.2) is 0 Å². The van der Waals surface area contributed by atoms with Gasteiger partial charge in [-0.3, -0.25) is 9.69 Å². The quantitative estimate of drug-likeness (QED) is 0.645. The third kappa shape index (κ3) is 4.23. The minimum atomic E-state index is -0.224. The van der Waals surface area contributed by atoms with Gasteiger partial charge >= 0.3 is 0 Å². The van der Waals surface area contributed by atoms with Crippen LogP contribution in [-0.2, 0) is 11.3 Å². The topological polar surface area (TPSA) is 36.4 Å². The fraction of sp³-hybridized carbons (Fsp3) is 0.364. The standard InChI is InChI=1S/C22H24FN3OS/c1-25(14-17-6-2-3-7-18(17)23)15-21(27)26-12-10-16(11-13-26)22-24-19-8-4-5-9-20(19)28-22/h2-9,16H,10-15H2,1H3. The minimum Gasteiger partial charge on any atom is -0.342 e. The van der Waals surface area contributed by atoms with Crippen LogP contribution in [0, 0.1) is 5.82 Å². The Morgan fingerprint density at radius 3 is 2.64 bits per heavy atom. The molecule has 0 unspecified atom stereocenters. The van der Waals surface area contributed by atoms with Gasteiger partial charge in [-0.2, -0.15) is 0 Å². The first-order valence-corrected chi connectivity index (χ1v) is 10.5. The third-order valence-electron chi connectivity index (χ3n) is 5.31. The van der Waals surface area contributed by atoms with E-state index in [4.69, 9.17) is 4.98 Å². The SMILES string of the molecule is CN(CC(=O)N1CCC(c2nc3ccccc3s2)CC1)Cc1ccccc1F. The van der Waals surface area contributed by atoms with Gasteiger partial charge in [0.1, 0.15) is 5.82 Å². The number of benzene rings is 2. The van der Waals surface area contributed by atoms with E-state index in [0.717, 1.165) is 31.4 Å². The van der Waals surface area contributed by atoms with Crippen molar-refractivity contribution in [3.8, 4) is 0 Å². The van der Waals surface area contributed by atoms with Crippen molar-refractivity contribution in [2.24, 2.45) is 0 Å². The molecule has 0 atom stereocenters. The first-order valence-electron chi connectivity index (χ1n) is 9.65. The highest BCUT2D eigenvalue weighted by atomic mass is 32.1. The summed E-state index contributed by atoms with van der Waals surface area (Å²) in [6, 6.07) is 15.0. The summed E-state index contributed by atoms with van der Waals surface area (Å²) >= 11 is 1.77. The number of para-hydroxylation sites is 1. The molecule has 4 rings (SSSR count). The highest BCUT2D eigenvalue weighted by Gasteiger charge is 2.26. The molecule has 4 nitrogen and oxygen atoms in total. The van der Waals surface area contributed by atoms with Crippen molar-refractivity contribution in [2.45, 2.75) is 25.3 Å². The molecule has 1 aliphatic heterocycles. The Bertz CT molecular complexity index is 932. The summed E-state index contributed by atoms with van der Waals surface area (Å²) in [7, 11) is 1.86. The van der Waals surface area contributed by atoms with Crippen LogP contribution in [0.25, 0.3) is 10.2 Å². The fourth-order valence-electron chi connectivity index (χ4n) is 3.74. The van der Waals surface area contributed by atoms with Gasteiger partial charge in [0.25, 0.3) is 0 Å². The van der Waals surface area contributed by atoms with Crippen LogP contribution in [0.3, 0.4) is 0 Å². The molecule has 0 radical (unpaired) electrons. The fourth-order valence-corrected chi connectivity index (χ4v) is 4.88. The van der Waals surface area contributed by atoms with Crippen LogP contribution in [0.5, 0.6) is 0 Å². The second-order valence-electron chi connectivity index (χ2n) is 7.44. The van der Waals surface area contributed by atoms with Crippen LogP contribution in [0.2, 0.25) is 0 Å². The number of likely N-dealkylation sites (N-methyl/N-ethyl adjacent to an activating group) is 1. The number of amides is 1. The van der Waals surface area contributed by atoms with E-state index in [1.807, 2.05) is 35.0 Å². The number of hydrogen-bond acceptors (Lipinski definition) is 4. The molecule has 0 N–H and O–H groups in total. The van der Waals surface area contributed by atoms with E-state index in [1.165, 1.54) is 15.8 Å². The van der Waals surface area contributed by atoms with E-state index in [9.17, 15) is 9.18 Å². The van der Waals surface area contributed by atoms with Crippen LogP contribution in [0.4, 0.5) is 4.39 Å². The zero-order chi connectivity index (χ0) is 19.5. The van der Waals surface area contributed by atoms with Crippen molar-refractivity contribution < 1.29 is 9.18 Å². The Balaban J connectivity index is 1.30. The largest absolute Gasteiger partial charge is 0.342 e. The van der Waals surface area contributed by atoms with Gasteiger partial charge in [0.2, 0.25) is 5.91 Å². The summed E-state index contributed by atoms with van der Waals surface area (Å²) < 4.78 is 15.0. The van der Waals surface area contributed by atoms with Gasteiger partial charge in [-0.25, -0.2) is 9.37 Å². The summed E-state index contributed by atoms with van der Waals surface area (Å²) in [6.07, 6.45) is 1.89. The third-order valence-corrected chi connectivity index (χ3v) is 6.51. The zero-order valence-electron chi connectivity index (χ0n) is 16.0. The Kier molecular flexibility index (Phi) is 5.69. The van der Waals surface area contributed by atoms with Crippen LogP contribution >= 0.6 is 11.3 Å². The van der Waals surface area contributed by atoms with Crippen LogP contribution < -0.4 is 0 Å². The zero-order valence-corrected chi connectivity index (χ0v) is 16.8. The van der Waals surface area contributed by atoms with E-state index in [2.05, 4.69) is 12.1 Å². The van der Waals surface area contributed by atoms with Crippen LogP contribution in [0.15, 0.2) is 48.5 Å². The number of thiazole rings is 1. The van der Waals surface area contributed by atoms with Gasteiger partial charge < -0.3 is 4.90 Å². The smallest absolute Gasteiger partial charge is 0.236 e. The molecule has 0 aliphatic carbocycles. The molecule has 28 heavy (non-hydrogen) atoms. The average molecular weight is 398 g/mol. The van der Waals surface area contributed by atoms with Crippen molar-refractivity contribution in [2.75, 3.05) is 26.7 Å². The number of carbonyl (C=O) groups is 1. The van der Waals surface area contributed by atoms with Crippen molar-refractivity contribution >= 4 is 27.5 Å². The molecule has 1 fully saturated rings.